The molecule has 0 fully saturated rings. The molecule has 0 bridgehead atoms. The van der Waals surface area contributed by atoms with E-state index >= 15 is 0 Å². The predicted octanol–water partition coefficient (Wildman–Crippen LogP) is -2.47. The zero-order chi connectivity index (χ0) is 26.8. The van der Waals surface area contributed by atoms with Crippen molar-refractivity contribution in [2.24, 2.45) is 0 Å². The molecule has 0 spiro atoms. The molecule has 0 saturated heterocycles. The summed E-state index contributed by atoms with van der Waals surface area (Å²) in [7, 11) is 29.1. The number of carbonyl (C=O) groups is 3. The summed E-state index contributed by atoms with van der Waals surface area (Å²) in [5.41, 5.74) is 0.702. The van der Waals surface area contributed by atoms with Crippen LogP contribution in [0.3, 0.4) is 0 Å². The lowest BCUT2D eigenvalue weighted by atomic mass is 9.60. The number of nitrogens with zero attached hydrogens (tertiary/aromatic N) is 1. The molecule has 2 aromatic carbocycles. The van der Waals surface area contributed by atoms with Gasteiger partial charge in [0.15, 0.2) is 0 Å². The van der Waals surface area contributed by atoms with Gasteiger partial charge in [0, 0.05) is 44.2 Å². The molecule has 0 unspecified atom stereocenters. The van der Waals surface area contributed by atoms with Gasteiger partial charge in [0.2, 0.25) is 17.7 Å². The SMILES string of the molecule is [B]c1c([B])c([B])c(C(=O)NCCCCCCN(CCC(=O)Nc2ccc(O)cc2)C(C)=O)c([B])c1[B]. The summed E-state index contributed by atoms with van der Waals surface area (Å²) in [4.78, 5) is 38.2. The zero-order valence-corrected chi connectivity index (χ0v) is 20.5. The fourth-order valence-electron chi connectivity index (χ4n) is 3.60. The van der Waals surface area contributed by atoms with Crippen molar-refractivity contribution in [1.29, 1.82) is 0 Å². The highest BCUT2D eigenvalue weighted by Gasteiger charge is 2.16. The number of anilines is 1. The number of rotatable bonds is 12. The van der Waals surface area contributed by atoms with Crippen LogP contribution in [0, 0.1) is 0 Å². The largest absolute Gasteiger partial charge is 0.508 e. The van der Waals surface area contributed by atoms with E-state index in [1.54, 1.807) is 17.0 Å². The highest BCUT2D eigenvalue weighted by Crippen LogP contribution is 2.14. The molecule has 0 aliphatic rings. The Morgan fingerprint density at radius 1 is 0.806 bits per heavy atom. The van der Waals surface area contributed by atoms with Crippen molar-refractivity contribution in [2.75, 3.05) is 25.0 Å². The molecule has 2 rings (SSSR count). The molecular formula is C24H26B5N3O4. The van der Waals surface area contributed by atoms with Gasteiger partial charge in [-0.15, -0.1) is 16.4 Å². The zero-order valence-electron chi connectivity index (χ0n) is 20.5. The second-order valence-electron chi connectivity index (χ2n) is 8.46. The van der Waals surface area contributed by atoms with Crippen LogP contribution in [-0.2, 0) is 9.59 Å². The lowest BCUT2D eigenvalue weighted by Gasteiger charge is -2.21. The molecule has 0 saturated carbocycles. The van der Waals surface area contributed by atoms with Crippen molar-refractivity contribution in [3.63, 3.8) is 0 Å². The second kappa shape index (κ2) is 13.9. The van der Waals surface area contributed by atoms with Gasteiger partial charge in [-0.2, -0.15) is 0 Å². The minimum atomic E-state index is -0.475. The molecule has 0 aromatic heterocycles. The van der Waals surface area contributed by atoms with Crippen molar-refractivity contribution in [3.05, 3.63) is 29.8 Å². The second-order valence-corrected chi connectivity index (χ2v) is 8.46. The van der Waals surface area contributed by atoms with Crippen LogP contribution in [0.5, 0.6) is 5.75 Å². The van der Waals surface area contributed by atoms with E-state index in [-0.39, 0.29) is 56.9 Å². The summed E-state index contributed by atoms with van der Waals surface area (Å²) in [6.07, 6.45) is 3.30. The number of benzene rings is 2. The predicted molar refractivity (Wildman–Crippen MR) is 148 cm³/mol. The van der Waals surface area contributed by atoms with Crippen LogP contribution in [0.15, 0.2) is 24.3 Å². The Balaban J connectivity index is 1.69. The van der Waals surface area contributed by atoms with E-state index in [9.17, 15) is 19.5 Å². The molecule has 0 aliphatic heterocycles. The van der Waals surface area contributed by atoms with Crippen LogP contribution in [0.1, 0.15) is 49.4 Å². The summed E-state index contributed by atoms with van der Waals surface area (Å²) < 4.78 is 0. The highest BCUT2D eigenvalue weighted by molar-refractivity contribution is 6.68. The Kier molecular flexibility index (Phi) is 11.3. The maximum atomic E-state index is 12.5. The number of unbranched alkanes of at least 4 members (excludes halogenated alkanes) is 3. The smallest absolute Gasteiger partial charge is 0.250 e. The first-order valence-corrected chi connectivity index (χ1v) is 11.7. The number of amides is 3. The molecule has 10 radical (unpaired) electrons. The molecule has 3 amide bonds. The Bertz CT molecular complexity index is 1070. The molecule has 2 aromatic rings. The highest BCUT2D eigenvalue weighted by atomic mass is 16.3. The first kappa shape index (κ1) is 29.2. The summed E-state index contributed by atoms with van der Waals surface area (Å²) in [6, 6.07) is 6.17. The first-order chi connectivity index (χ1) is 17.0. The molecule has 3 N–H and O–H groups in total. The number of nitrogens with one attached hydrogen (secondary N) is 2. The van der Waals surface area contributed by atoms with E-state index in [2.05, 4.69) is 10.6 Å². The van der Waals surface area contributed by atoms with Gasteiger partial charge >= 0.3 is 0 Å². The van der Waals surface area contributed by atoms with Crippen LogP contribution >= 0.6 is 0 Å². The van der Waals surface area contributed by atoms with Crippen LogP contribution in [0.2, 0.25) is 0 Å². The average Bonchev–Trinajstić information content (AvgIpc) is 2.84. The first-order valence-electron chi connectivity index (χ1n) is 11.7. The van der Waals surface area contributed by atoms with Crippen LogP contribution in [0.25, 0.3) is 0 Å². The van der Waals surface area contributed by atoms with E-state index in [4.69, 9.17) is 39.2 Å². The average molecular weight is 475 g/mol. The molecule has 0 atom stereocenters. The maximum absolute atomic E-state index is 12.5. The van der Waals surface area contributed by atoms with E-state index < -0.39 is 5.91 Å². The maximum Gasteiger partial charge on any atom is 0.250 e. The van der Waals surface area contributed by atoms with Crippen molar-refractivity contribution >= 4 is 90.0 Å². The molecule has 0 heterocycles. The Labute approximate surface area is 219 Å². The topological polar surface area (TPSA) is 98.7 Å². The van der Waals surface area contributed by atoms with Gasteiger partial charge in [0.25, 0.3) is 0 Å². The minimum absolute atomic E-state index is 0.00206. The van der Waals surface area contributed by atoms with Crippen LogP contribution in [0.4, 0.5) is 5.69 Å². The molecule has 12 heteroatoms. The lowest BCUT2D eigenvalue weighted by Crippen LogP contribution is -2.58. The van der Waals surface area contributed by atoms with E-state index in [1.807, 2.05) is 0 Å². The standard InChI is InChI=1S/C24H26B5N3O4/c1-14(33)32(13-10-17(35)31-15-6-8-16(34)9-7-15)12-5-3-2-4-11-30-24(36)18-19(25)21(27)23(29)22(28)20(18)26/h6-9,34H,2-5,10-13H2,1H3,(H,30,36)(H,31,35). The Hall–Kier alpha value is -3.03. The number of carbonyl (C=O) groups excluding carboxylic acids is 3. The van der Waals surface area contributed by atoms with Crippen LogP contribution in [-0.4, -0.2) is 86.6 Å². The third kappa shape index (κ3) is 8.28. The Morgan fingerprint density at radius 3 is 1.94 bits per heavy atom. The van der Waals surface area contributed by atoms with Gasteiger partial charge in [-0.3, -0.25) is 14.4 Å². The number of hydrogen-bond acceptors (Lipinski definition) is 4. The molecule has 0 aliphatic carbocycles. The normalized spacial score (nSPS) is 10.6. The summed E-state index contributed by atoms with van der Waals surface area (Å²) >= 11 is 0. The summed E-state index contributed by atoms with van der Waals surface area (Å²) in [5.74, 6) is -0.674. The quantitative estimate of drug-likeness (QED) is 0.180. The molecule has 176 valence electrons. The van der Waals surface area contributed by atoms with Crippen molar-refractivity contribution in [3.8, 4) is 5.75 Å². The summed E-state index contributed by atoms with van der Waals surface area (Å²) in [5, 5.41) is 14.8. The van der Waals surface area contributed by atoms with Gasteiger partial charge in [-0.25, -0.2) is 0 Å². The number of hydrogen-bond donors (Lipinski definition) is 3. The van der Waals surface area contributed by atoms with E-state index in [1.165, 1.54) is 19.1 Å². The molecule has 7 nitrogen and oxygen atoms in total. The lowest BCUT2D eigenvalue weighted by molar-refractivity contribution is -0.129. The van der Waals surface area contributed by atoms with Gasteiger partial charge in [-0.05, 0) is 37.1 Å². The third-order valence-corrected chi connectivity index (χ3v) is 5.77. The Morgan fingerprint density at radius 2 is 1.36 bits per heavy atom. The van der Waals surface area contributed by atoms with Crippen molar-refractivity contribution in [2.45, 2.75) is 39.0 Å². The summed E-state index contributed by atoms with van der Waals surface area (Å²) in [6.45, 7) is 2.72. The van der Waals surface area contributed by atoms with Crippen molar-refractivity contribution < 1.29 is 19.5 Å². The minimum Gasteiger partial charge on any atom is -0.508 e. The number of phenolic OH excluding ortho intramolecular Hbond substituents is 1. The molecule has 36 heavy (non-hydrogen) atoms. The van der Waals surface area contributed by atoms with Gasteiger partial charge in [0.1, 0.15) is 45.0 Å². The fraction of sp³-hybridized carbons (Fsp3) is 0.375. The fourth-order valence-corrected chi connectivity index (χ4v) is 3.60. The van der Waals surface area contributed by atoms with Gasteiger partial charge < -0.3 is 20.6 Å². The number of aromatic hydroxyl groups is 1. The third-order valence-electron chi connectivity index (χ3n) is 5.77. The molecular weight excluding hydrogens is 448 g/mol. The van der Waals surface area contributed by atoms with E-state index in [0.717, 1.165) is 19.3 Å². The monoisotopic (exact) mass is 475 g/mol. The van der Waals surface area contributed by atoms with Crippen molar-refractivity contribution in [1.82, 2.24) is 10.2 Å². The number of phenols is 1. The van der Waals surface area contributed by atoms with E-state index in [0.29, 0.717) is 31.7 Å². The van der Waals surface area contributed by atoms with Gasteiger partial charge in [-0.1, -0.05) is 23.8 Å². The van der Waals surface area contributed by atoms with Crippen LogP contribution < -0.4 is 37.9 Å². The van der Waals surface area contributed by atoms with Gasteiger partial charge in [0.05, 0.1) is 0 Å².